The van der Waals surface area contributed by atoms with Gasteiger partial charge in [0.05, 0.1) is 5.52 Å². The summed E-state index contributed by atoms with van der Waals surface area (Å²) < 4.78 is 13.7. The topological polar surface area (TPSA) is 66.9 Å². The molecule has 0 aliphatic rings. The fourth-order valence-electron chi connectivity index (χ4n) is 2.13. The summed E-state index contributed by atoms with van der Waals surface area (Å²) in [6.07, 6.45) is 1.44. The minimum atomic E-state index is -2.10. The minimum absolute atomic E-state index is 0.405. The van der Waals surface area contributed by atoms with Crippen LogP contribution in [0.4, 0.5) is 21.6 Å². The van der Waals surface area contributed by atoms with Crippen LogP contribution in [0, 0.1) is 0 Å². The Bertz CT molecular complexity index is 906. The Morgan fingerprint density at radius 2 is 2.00 bits per heavy atom. The SMILES string of the molecule is O=C(Nc1ccc2ncnc(Nc3cccc(Br)c3)c2c1)C(F)Cl. The molecule has 0 saturated heterocycles. The van der Waals surface area contributed by atoms with E-state index in [2.05, 4.69) is 36.5 Å². The number of nitrogens with zero attached hydrogens (tertiary/aromatic N) is 2. The predicted octanol–water partition coefficient (Wildman–Crippen LogP) is 4.61. The molecule has 1 aromatic heterocycles. The second kappa shape index (κ2) is 7.11. The smallest absolute Gasteiger partial charge is 0.274 e. The summed E-state index contributed by atoms with van der Waals surface area (Å²) in [6.45, 7) is 0. The summed E-state index contributed by atoms with van der Waals surface area (Å²) in [6, 6.07) is 12.6. The van der Waals surface area contributed by atoms with Gasteiger partial charge in [-0.15, -0.1) is 0 Å². The van der Waals surface area contributed by atoms with Gasteiger partial charge in [0, 0.05) is 21.2 Å². The van der Waals surface area contributed by atoms with E-state index >= 15 is 0 Å². The van der Waals surface area contributed by atoms with Gasteiger partial charge in [-0.25, -0.2) is 14.4 Å². The van der Waals surface area contributed by atoms with Crippen molar-refractivity contribution in [2.45, 2.75) is 5.63 Å². The monoisotopic (exact) mass is 408 g/mol. The average Bonchev–Trinajstić information content (AvgIpc) is 2.55. The largest absolute Gasteiger partial charge is 0.340 e. The van der Waals surface area contributed by atoms with Gasteiger partial charge in [0.2, 0.25) is 0 Å². The number of aromatic nitrogens is 2. The lowest BCUT2D eigenvalue weighted by atomic mass is 10.2. The molecule has 24 heavy (non-hydrogen) atoms. The first-order valence-corrected chi connectivity index (χ1v) is 8.12. The number of alkyl halides is 2. The minimum Gasteiger partial charge on any atom is -0.340 e. The first-order chi connectivity index (χ1) is 11.5. The Labute approximate surface area is 150 Å². The van der Waals surface area contributed by atoms with Crippen molar-refractivity contribution >= 4 is 61.5 Å². The lowest BCUT2D eigenvalue weighted by Crippen LogP contribution is -2.19. The van der Waals surface area contributed by atoms with Crippen LogP contribution >= 0.6 is 27.5 Å². The Balaban J connectivity index is 1.97. The number of anilines is 3. The molecule has 0 spiro atoms. The van der Waals surface area contributed by atoms with E-state index < -0.39 is 11.5 Å². The lowest BCUT2D eigenvalue weighted by Gasteiger charge is -2.10. The van der Waals surface area contributed by atoms with Crippen molar-refractivity contribution in [1.29, 1.82) is 0 Å². The third-order valence-corrected chi connectivity index (χ3v) is 3.88. The fourth-order valence-corrected chi connectivity index (χ4v) is 2.59. The highest BCUT2D eigenvalue weighted by molar-refractivity contribution is 9.10. The quantitative estimate of drug-likeness (QED) is 0.618. The van der Waals surface area contributed by atoms with E-state index in [1.165, 1.54) is 6.33 Å². The maximum absolute atomic E-state index is 12.8. The van der Waals surface area contributed by atoms with Gasteiger partial charge in [0.25, 0.3) is 11.5 Å². The standard InChI is InChI=1S/C16H11BrClFN4O/c17-9-2-1-3-10(6-9)22-15-12-7-11(23-16(24)14(18)19)4-5-13(12)20-8-21-15/h1-8,14H,(H,23,24)(H,20,21,22). The third-order valence-electron chi connectivity index (χ3n) is 3.19. The molecule has 0 bridgehead atoms. The molecule has 1 unspecified atom stereocenters. The molecule has 0 radical (unpaired) electrons. The molecule has 8 heteroatoms. The average molecular weight is 410 g/mol. The second-order valence-corrected chi connectivity index (χ2v) is 6.18. The van der Waals surface area contributed by atoms with Gasteiger partial charge in [-0.05, 0) is 36.4 Å². The number of rotatable bonds is 4. The van der Waals surface area contributed by atoms with E-state index in [4.69, 9.17) is 11.6 Å². The molecular formula is C16H11BrClFN4O. The van der Waals surface area contributed by atoms with E-state index in [1.807, 2.05) is 24.3 Å². The number of fused-ring (bicyclic) bond motifs is 1. The maximum Gasteiger partial charge on any atom is 0.274 e. The zero-order chi connectivity index (χ0) is 17.1. The number of nitrogens with one attached hydrogen (secondary N) is 2. The highest BCUT2D eigenvalue weighted by Crippen LogP contribution is 2.27. The summed E-state index contributed by atoms with van der Waals surface area (Å²) in [5.74, 6) is -0.355. The van der Waals surface area contributed by atoms with Crippen LogP contribution in [-0.2, 0) is 4.79 Å². The highest BCUT2D eigenvalue weighted by atomic mass is 79.9. The zero-order valence-electron chi connectivity index (χ0n) is 12.1. The molecule has 1 atom stereocenters. The zero-order valence-corrected chi connectivity index (χ0v) is 14.5. The Morgan fingerprint density at radius 3 is 2.75 bits per heavy atom. The Morgan fingerprint density at radius 1 is 1.17 bits per heavy atom. The second-order valence-electron chi connectivity index (χ2n) is 4.88. The van der Waals surface area contributed by atoms with Crippen LogP contribution in [0.3, 0.4) is 0 Å². The van der Waals surface area contributed by atoms with Crippen molar-refractivity contribution in [3.8, 4) is 0 Å². The molecule has 5 nitrogen and oxygen atoms in total. The van der Waals surface area contributed by atoms with Crippen molar-refractivity contribution < 1.29 is 9.18 Å². The molecule has 3 aromatic rings. The van der Waals surface area contributed by atoms with E-state index in [-0.39, 0.29) is 0 Å². The molecule has 122 valence electrons. The van der Waals surface area contributed by atoms with Crippen LogP contribution in [0.2, 0.25) is 0 Å². The van der Waals surface area contributed by atoms with Crippen molar-refractivity contribution in [2.75, 3.05) is 10.6 Å². The van der Waals surface area contributed by atoms with Crippen molar-refractivity contribution in [3.05, 3.63) is 53.3 Å². The van der Waals surface area contributed by atoms with Gasteiger partial charge in [0.1, 0.15) is 12.1 Å². The molecule has 3 rings (SSSR count). The number of carbonyl (C=O) groups excluding carboxylic acids is 1. The molecule has 2 N–H and O–H groups in total. The fraction of sp³-hybridized carbons (Fsp3) is 0.0625. The molecule has 0 aliphatic heterocycles. The first-order valence-electron chi connectivity index (χ1n) is 6.89. The van der Waals surface area contributed by atoms with E-state index in [0.717, 1.165) is 10.2 Å². The van der Waals surface area contributed by atoms with E-state index in [9.17, 15) is 9.18 Å². The van der Waals surface area contributed by atoms with Gasteiger partial charge >= 0.3 is 0 Å². The van der Waals surface area contributed by atoms with Gasteiger partial charge in [-0.1, -0.05) is 33.6 Å². The van der Waals surface area contributed by atoms with Crippen LogP contribution < -0.4 is 10.6 Å². The number of amides is 1. The molecule has 0 fully saturated rings. The summed E-state index contributed by atoms with van der Waals surface area (Å²) in [4.78, 5) is 19.8. The van der Waals surface area contributed by atoms with Crippen LogP contribution in [0.25, 0.3) is 10.9 Å². The maximum atomic E-state index is 12.8. The summed E-state index contributed by atoms with van der Waals surface area (Å²) in [5.41, 5.74) is -0.179. The number of halogens is 3. The van der Waals surface area contributed by atoms with Crippen LogP contribution in [-0.4, -0.2) is 21.5 Å². The molecule has 0 aliphatic carbocycles. The van der Waals surface area contributed by atoms with Gasteiger partial charge < -0.3 is 10.6 Å². The molecule has 1 amide bonds. The van der Waals surface area contributed by atoms with Crippen LogP contribution in [0.5, 0.6) is 0 Å². The van der Waals surface area contributed by atoms with Gasteiger partial charge in [-0.3, -0.25) is 4.79 Å². The Hall–Kier alpha value is -2.25. The summed E-state index contributed by atoms with van der Waals surface area (Å²) in [7, 11) is 0. The number of hydrogen-bond donors (Lipinski definition) is 2. The highest BCUT2D eigenvalue weighted by Gasteiger charge is 2.14. The van der Waals surface area contributed by atoms with Crippen molar-refractivity contribution in [2.24, 2.45) is 0 Å². The van der Waals surface area contributed by atoms with E-state index in [1.54, 1.807) is 18.2 Å². The number of benzene rings is 2. The van der Waals surface area contributed by atoms with Crippen molar-refractivity contribution in [1.82, 2.24) is 9.97 Å². The third kappa shape index (κ3) is 3.80. The summed E-state index contributed by atoms with van der Waals surface area (Å²) in [5, 5.41) is 6.27. The number of hydrogen-bond acceptors (Lipinski definition) is 4. The van der Waals surface area contributed by atoms with Crippen LogP contribution in [0.1, 0.15) is 0 Å². The molecule has 0 saturated carbocycles. The van der Waals surface area contributed by atoms with Gasteiger partial charge in [0.15, 0.2) is 0 Å². The Kier molecular flexibility index (Phi) is 4.92. The molecule has 2 aromatic carbocycles. The molecule has 1 heterocycles. The van der Waals surface area contributed by atoms with E-state index in [0.29, 0.717) is 22.4 Å². The number of carbonyl (C=O) groups is 1. The lowest BCUT2D eigenvalue weighted by molar-refractivity contribution is -0.118. The predicted molar refractivity (Wildman–Crippen MR) is 96.3 cm³/mol. The van der Waals surface area contributed by atoms with Crippen molar-refractivity contribution in [3.63, 3.8) is 0 Å². The molecular weight excluding hydrogens is 399 g/mol. The first kappa shape index (κ1) is 16.6. The summed E-state index contributed by atoms with van der Waals surface area (Å²) >= 11 is 8.54. The van der Waals surface area contributed by atoms with Gasteiger partial charge in [-0.2, -0.15) is 0 Å². The normalized spacial score (nSPS) is 12.0. The van der Waals surface area contributed by atoms with Crippen LogP contribution in [0.15, 0.2) is 53.3 Å².